The Balaban J connectivity index is 3.48. The second-order valence-electron chi connectivity index (χ2n) is 2.42. The number of hydrogen-bond acceptors (Lipinski definition) is 3. The number of nitrogens with one attached hydrogen (secondary N) is 2. The normalized spacial score (nSPS) is 9.00. The molecule has 13 heavy (non-hydrogen) atoms. The molecule has 0 radical (unpaired) electrons. The van der Waals surface area contributed by atoms with Crippen molar-refractivity contribution in [1.82, 2.24) is 10.6 Å². The number of nitrogens with two attached hydrogens (primary N) is 1. The van der Waals surface area contributed by atoms with Crippen LogP contribution in [0.3, 0.4) is 0 Å². The molecule has 0 aliphatic carbocycles. The van der Waals surface area contributed by atoms with Crippen molar-refractivity contribution < 1.29 is 9.59 Å². The highest BCUT2D eigenvalue weighted by Crippen LogP contribution is 1.81. The molecule has 0 saturated heterocycles. The third-order valence-corrected chi connectivity index (χ3v) is 1.43. The summed E-state index contributed by atoms with van der Waals surface area (Å²) in [6, 6.07) is 0. The van der Waals surface area contributed by atoms with Crippen LogP contribution in [0.15, 0.2) is 0 Å². The summed E-state index contributed by atoms with van der Waals surface area (Å²) >= 11 is 4.53. The first-order chi connectivity index (χ1) is 6.06. The summed E-state index contributed by atoms with van der Waals surface area (Å²) < 4.78 is 0. The zero-order valence-electron chi connectivity index (χ0n) is 7.42. The van der Waals surface area contributed by atoms with Crippen LogP contribution in [-0.2, 0) is 9.59 Å². The van der Waals surface area contributed by atoms with Crippen molar-refractivity contribution in [3.63, 3.8) is 0 Å². The monoisotopic (exact) mass is 203 g/mol. The van der Waals surface area contributed by atoms with Gasteiger partial charge in [-0.1, -0.05) is 12.2 Å². The molecule has 5 nitrogen and oxygen atoms in total. The first kappa shape index (κ1) is 11.8. The Labute approximate surface area is 82.1 Å². The van der Waals surface area contributed by atoms with Crippen LogP contribution < -0.4 is 16.4 Å². The predicted molar refractivity (Wildman–Crippen MR) is 53.1 cm³/mol. The highest BCUT2D eigenvalue weighted by atomic mass is 32.1. The number of hydrogen-bond donors (Lipinski definition) is 3. The van der Waals surface area contributed by atoms with E-state index >= 15 is 0 Å². The molecular formula is C7H13N3O2S. The van der Waals surface area contributed by atoms with Crippen LogP contribution in [0.2, 0.25) is 0 Å². The second kappa shape index (κ2) is 6.36. The lowest BCUT2D eigenvalue weighted by Gasteiger charge is -2.03. The quantitative estimate of drug-likeness (QED) is 0.496. The maximum atomic E-state index is 10.9. The molecule has 4 N–H and O–H groups in total. The largest absolute Gasteiger partial charge is 0.393 e. The Kier molecular flexibility index (Phi) is 5.79. The van der Waals surface area contributed by atoms with Crippen LogP contribution in [0, 0.1) is 0 Å². The molecule has 0 aromatic rings. The second-order valence-corrected chi connectivity index (χ2v) is 2.94. The zero-order chi connectivity index (χ0) is 10.3. The van der Waals surface area contributed by atoms with E-state index in [1.165, 1.54) is 0 Å². The van der Waals surface area contributed by atoms with E-state index in [4.69, 9.17) is 5.73 Å². The third kappa shape index (κ3) is 7.20. The van der Waals surface area contributed by atoms with Crippen LogP contribution >= 0.6 is 12.2 Å². The van der Waals surface area contributed by atoms with Gasteiger partial charge >= 0.3 is 0 Å². The molecule has 0 rings (SSSR count). The average Bonchev–Trinajstić information content (AvgIpc) is 2.02. The molecule has 0 fully saturated rings. The minimum atomic E-state index is -0.253. The van der Waals surface area contributed by atoms with E-state index in [0.29, 0.717) is 6.54 Å². The molecular weight excluding hydrogens is 190 g/mol. The maximum absolute atomic E-state index is 10.9. The Morgan fingerprint density at radius 3 is 2.46 bits per heavy atom. The van der Waals surface area contributed by atoms with Gasteiger partial charge in [-0.3, -0.25) is 9.59 Å². The summed E-state index contributed by atoms with van der Waals surface area (Å²) in [5, 5.41) is 4.95. The summed E-state index contributed by atoms with van der Waals surface area (Å²) in [6.45, 7) is 0.307. The van der Waals surface area contributed by atoms with Crippen molar-refractivity contribution in [1.29, 1.82) is 0 Å². The summed E-state index contributed by atoms with van der Waals surface area (Å²) in [7, 11) is 1.54. The molecule has 0 unspecified atom stereocenters. The van der Waals surface area contributed by atoms with Crippen molar-refractivity contribution >= 4 is 29.0 Å². The van der Waals surface area contributed by atoms with Crippen molar-refractivity contribution in [2.24, 2.45) is 5.73 Å². The number of carbonyl (C=O) groups excluding carboxylic acids is 2. The fraction of sp³-hybridized carbons (Fsp3) is 0.571. The van der Waals surface area contributed by atoms with Gasteiger partial charge in [-0.2, -0.15) is 0 Å². The first-order valence-electron chi connectivity index (χ1n) is 3.82. The van der Waals surface area contributed by atoms with Gasteiger partial charge in [-0.25, -0.2) is 0 Å². The molecule has 0 atom stereocenters. The predicted octanol–water partition coefficient (Wildman–Crippen LogP) is -1.09. The summed E-state index contributed by atoms with van der Waals surface area (Å²) in [6.07, 6.45) is 0.294. The van der Waals surface area contributed by atoms with Crippen molar-refractivity contribution in [2.75, 3.05) is 13.6 Å². The molecule has 0 saturated carbocycles. The van der Waals surface area contributed by atoms with Gasteiger partial charge in [0.15, 0.2) is 0 Å². The van der Waals surface area contributed by atoms with Crippen LogP contribution in [0.5, 0.6) is 0 Å². The number of thiocarbonyl (C=S) groups is 1. The highest BCUT2D eigenvalue weighted by molar-refractivity contribution is 7.80. The van der Waals surface area contributed by atoms with E-state index in [0.717, 1.165) is 0 Å². The molecule has 0 heterocycles. The molecule has 6 heteroatoms. The van der Waals surface area contributed by atoms with E-state index in [2.05, 4.69) is 22.9 Å². The molecule has 0 aliphatic rings. The minimum absolute atomic E-state index is 0.0308. The molecule has 0 aromatic carbocycles. The fourth-order valence-corrected chi connectivity index (χ4v) is 0.792. The van der Waals surface area contributed by atoms with E-state index in [1.54, 1.807) is 7.05 Å². The lowest BCUT2D eigenvalue weighted by Crippen LogP contribution is -2.31. The number of carbonyl (C=O) groups is 2. The lowest BCUT2D eigenvalue weighted by atomic mass is 10.3. The van der Waals surface area contributed by atoms with Gasteiger partial charge in [0.25, 0.3) is 0 Å². The van der Waals surface area contributed by atoms with Crippen molar-refractivity contribution in [2.45, 2.75) is 12.8 Å². The number of rotatable bonds is 5. The number of amides is 2. The summed E-state index contributed by atoms with van der Waals surface area (Å²) in [5.41, 5.74) is 5.14. The smallest absolute Gasteiger partial charge is 0.226 e. The Morgan fingerprint density at radius 1 is 1.38 bits per heavy atom. The Hall–Kier alpha value is -1.17. The van der Waals surface area contributed by atoms with Gasteiger partial charge in [0, 0.05) is 20.0 Å². The van der Waals surface area contributed by atoms with E-state index in [1.807, 2.05) is 0 Å². The van der Waals surface area contributed by atoms with E-state index < -0.39 is 0 Å². The van der Waals surface area contributed by atoms with E-state index in [-0.39, 0.29) is 29.6 Å². The molecule has 0 aromatic heterocycles. The molecule has 0 aliphatic heterocycles. The SMILES string of the molecule is CNC(=O)CCNC(=O)CC(N)=S. The highest BCUT2D eigenvalue weighted by Gasteiger charge is 2.03. The van der Waals surface area contributed by atoms with Crippen molar-refractivity contribution in [3.8, 4) is 0 Å². The van der Waals surface area contributed by atoms with Crippen LogP contribution in [-0.4, -0.2) is 30.4 Å². The van der Waals surface area contributed by atoms with Crippen molar-refractivity contribution in [3.05, 3.63) is 0 Å². The fourth-order valence-electron chi connectivity index (χ4n) is 0.661. The van der Waals surface area contributed by atoms with Crippen LogP contribution in [0.1, 0.15) is 12.8 Å². The van der Waals surface area contributed by atoms with E-state index in [9.17, 15) is 9.59 Å². The first-order valence-corrected chi connectivity index (χ1v) is 4.22. The van der Waals surface area contributed by atoms with Gasteiger partial charge in [-0.05, 0) is 0 Å². The standard InChI is InChI=1S/C7H13N3O2S/c1-9-6(11)2-3-10-7(12)4-5(8)13/h2-4H2,1H3,(H2,8,13)(H,9,11)(H,10,12). The summed E-state index contributed by atoms with van der Waals surface area (Å²) in [5.74, 6) is -0.368. The van der Waals surface area contributed by atoms with Crippen LogP contribution in [0.4, 0.5) is 0 Å². The zero-order valence-corrected chi connectivity index (χ0v) is 8.24. The van der Waals surface area contributed by atoms with Gasteiger partial charge < -0.3 is 16.4 Å². The minimum Gasteiger partial charge on any atom is -0.393 e. The van der Waals surface area contributed by atoms with Gasteiger partial charge in [0.1, 0.15) is 0 Å². The topological polar surface area (TPSA) is 84.2 Å². The van der Waals surface area contributed by atoms with Gasteiger partial charge in [0.05, 0.1) is 11.4 Å². The Bertz CT molecular complexity index is 218. The summed E-state index contributed by atoms with van der Waals surface area (Å²) in [4.78, 5) is 21.8. The molecule has 0 bridgehead atoms. The molecule has 74 valence electrons. The van der Waals surface area contributed by atoms with Gasteiger partial charge in [0.2, 0.25) is 11.8 Å². The lowest BCUT2D eigenvalue weighted by molar-refractivity contribution is -0.121. The van der Waals surface area contributed by atoms with Crippen LogP contribution in [0.25, 0.3) is 0 Å². The van der Waals surface area contributed by atoms with Gasteiger partial charge in [-0.15, -0.1) is 0 Å². The maximum Gasteiger partial charge on any atom is 0.226 e. The Morgan fingerprint density at radius 2 is 2.00 bits per heavy atom. The molecule has 0 spiro atoms. The average molecular weight is 203 g/mol. The molecule has 2 amide bonds. The third-order valence-electron chi connectivity index (χ3n) is 1.29.